The highest BCUT2D eigenvalue weighted by Crippen LogP contribution is 2.17. The van der Waals surface area contributed by atoms with Crippen molar-refractivity contribution in [3.05, 3.63) is 39.9 Å². The first-order chi connectivity index (χ1) is 10.2. The molecule has 116 valence electrons. The second-order valence-corrected chi connectivity index (χ2v) is 5.77. The average molecular weight is 291 g/mol. The number of non-ortho nitro benzene ring substituents is 1. The van der Waals surface area contributed by atoms with Crippen LogP contribution in [0.4, 0.5) is 5.69 Å². The zero-order valence-corrected chi connectivity index (χ0v) is 12.8. The molecule has 0 spiro atoms. The van der Waals surface area contributed by atoms with E-state index in [4.69, 9.17) is 0 Å². The summed E-state index contributed by atoms with van der Waals surface area (Å²) >= 11 is 0. The van der Waals surface area contributed by atoms with E-state index in [9.17, 15) is 10.1 Å². The number of hydrogen-bond donors (Lipinski definition) is 1. The van der Waals surface area contributed by atoms with E-state index < -0.39 is 0 Å². The summed E-state index contributed by atoms with van der Waals surface area (Å²) in [6, 6.07) is 6.93. The van der Waals surface area contributed by atoms with E-state index in [0.29, 0.717) is 0 Å². The van der Waals surface area contributed by atoms with Crippen LogP contribution in [0, 0.1) is 16.0 Å². The molecule has 21 heavy (non-hydrogen) atoms. The highest BCUT2D eigenvalue weighted by molar-refractivity contribution is 5.32. The minimum absolute atomic E-state index is 0.169. The smallest absolute Gasteiger partial charge is 0.269 e. The Bertz CT molecular complexity index is 439. The van der Waals surface area contributed by atoms with E-state index in [2.05, 4.69) is 17.1 Å². The van der Waals surface area contributed by atoms with Crippen molar-refractivity contribution in [2.24, 2.45) is 5.92 Å². The van der Waals surface area contributed by atoms with Crippen LogP contribution in [0.3, 0.4) is 0 Å². The van der Waals surface area contributed by atoms with E-state index in [1.165, 1.54) is 31.5 Å². The number of likely N-dealkylation sites (tertiary alicyclic amines) is 1. The summed E-state index contributed by atoms with van der Waals surface area (Å²) in [4.78, 5) is 12.8. The van der Waals surface area contributed by atoms with Crippen molar-refractivity contribution in [2.75, 3.05) is 32.7 Å². The molecule has 0 aliphatic carbocycles. The number of nitro groups is 1. The lowest BCUT2D eigenvalue weighted by Crippen LogP contribution is -2.38. The third-order valence-electron chi connectivity index (χ3n) is 4.25. The molecule has 1 aromatic carbocycles. The molecular weight excluding hydrogens is 266 g/mol. The minimum Gasteiger partial charge on any atom is -0.317 e. The van der Waals surface area contributed by atoms with Gasteiger partial charge in [0.1, 0.15) is 0 Å². The fourth-order valence-corrected chi connectivity index (χ4v) is 2.83. The lowest BCUT2D eigenvalue weighted by Gasteiger charge is -2.32. The van der Waals surface area contributed by atoms with E-state index in [1.54, 1.807) is 12.1 Å². The molecule has 5 nitrogen and oxygen atoms in total. The summed E-state index contributed by atoms with van der Waals surface area (Å²) in [6.45, 7) is 7.74. The van der Waals surface area contributed by atoms with Gasteiger partial charge < -0.3 is 10.2 Å². The first-order valence-electron chi connectivity index (χ1n) is 7.85. The molecule has 1 heterocycles. The Morgan fingerprint density at radius 2 is 1.95 bits per heavy atom. The predicted octanol–water partition coefficient (Wildman–Crippen LogP) is 2.46. The fourth-order valence-electron chi connectivity index (χ4n) is 2.83. The predicted molar refractivity (Wildman–Crippen MR) is 84.5 cm³/mol. The summed E-state index contributed by atoms with van der Waals surface area (Å²) in [5, 5.41) is 14.0. The number of hydrogen-bond acceptors (Lipinski definition) is 4. The van der Waals surface area contributed by atoms with Crippen LogP contribution in [0.1, 0.15) is 25.3 Å². The van der Waals surface area contributed by atoms with Gasteiger partial charge in [0.05, 0.1) is 4.92 Å². The van der Waals surface area contributed by atoms with Gasteiger partial charge in [-0.2, -0.15) is 0 Å². The zero-order chi connectivity index (χ0) is 15.1. The van der Waals surface area contributed by atoms with Crippen LogP contribution in [0.2, 0.25) is 0 Å². The van der Waals surface area contributed by atoms with Crippen LogP contribution in [-0.4, -0.2) is 42.5 Å². The molecule has 0 amide bonds. The van der Waals surface area contributed by atoms with Crippen LogP contribution >= 0.6 is 0 Å². The number of rotatable bonds is 7. The highest BCUT2D eigenvalue weighted by atomic mass is 16.6. The van der Waals surface area contributed by atoms with Gasteiger partial charge in [-0.05, 0) is 56.9 Å². The van der Waals surface area contributed by atoms with E-state index in [1.807, 2.05) is 12.1 Å². The molecule has 1 aliphatic rings. The minimum atomic E-state index is -0.348. The Kier molecular flexibility index (Phi) is 6.14. The second-order valence-electron chi connectivity index (χ2n) is 5.77. The molecule has 1 fully saturated rings. The van der Waals surface area contributed by atoms with Gasteiger partial charge >= 0.3 is 0 Å². The largest absolute Gasteiger partial charge is 0.317 e. The van der Waals surface area contributed by atoms with Crippen molar-refractivity contribution < 1.29 is 4.92 Å². The molecule has 1 saturated heterocycles. The van der Waals surface area contributed by atoms with Crippen molar-refractivity contribution in [3.8, 4) is 0 Å². The maximum absolute atomic E-state index is 10.6. The highest BCUT2D eigenvalue weighted by Gasteiger charge is 2.18. The third-order valence-corrected chi connectivity index (χ3v) is 4.25. The third kappa shape index (κ3) is 5.10. The topological polar surface area (TPSA) is 58.4 Å². The van der Waals surface area contributed by atoms with Crippen LogP contribution in [0.15, 0.2) is 24.3 Å². The maximum Gasteiger partial charge on any atom is 0.269 e. The standard InChI is InChI=1S/C16H25N3O2/c1-2-17-13-15-8-11-18(12-9-15)10-7-14-3-5-16(6-4-14)19(20)21/h3-6,15,17H,2,7-13H2,1H3. The molecule has 0 unspecified atom stereocenters. The summed E-state index contributed by atoms with van der Waals surface area (Å²) in [7, 11) is 0. The van der Waals surface area contributed by atoms with Crippen molar-refractivity contribution >= 4 is 5.69 Å². The van der Waals surface area contributed by atoms with Crippen LogP contribution in [0.5, 0.6) is 0 Å². The Balaban J connectivity index is 1.70. The zero-order valence-electron chi connectivity index (χ0n) is 12.8. The van der Waals surface area contributed by atoms with Gasteiger partial charge in [-0.3, -0.25) is 10.1 Å². The molecule has 0 bridgehead atoms. The first-order valence-corrected chi connectivity index (χ1v) is 7.85. The van der Waals surface area contributed by atoms with Crippen molar-refractivity contribution in [1.29, 1.82) is 0 Å². The lowest BCUT2D eigenvalue weighted by atomic mass is 9.96. The summed E-state index contributed by atoms with van der Waals surface area (Å²) in [5.74, 6) is 0.820. The van der Waals surface area contributed by atoms with Gasteiger partial charge in [0, 0.05) is 18.7 Å². The Morgan fingerprint density at radius 3 is 2.52 bits per heavy atom. The van der Waals surface area contributed by atoms with Gasteiger partial charge in [0.15, 0.2) is 0 Å². The number of piperidine rings is 1. The number of nitrogens with one attached hydrogen (secondary N) is 1. The molecule has 0 saturated carbocycles. The molecule has 5 heteroatoms. The monoisotopic (exact) mass is 291 g/mol. The quantitative estimate of drug-likeness (QED) is 0.619. The molecular formula is C16H25N3O2. The van der Waals surface area contributed by atoms with E-state index in [-0.39, 0.29) is 10.6 Å². The Hall–Kier alpha value is -1.46. The van der Waals surface area contributed by atoms with Gasteiger partial charge in [0.25, 0.3) is 5.69 Å². The van der Waals surface area contributed by atoms with Crippen LogP contribution < -0.4 is 5.32 Å². The first kappa shape index (κ1) is 15.9. The average Bonchev–Trinajstić information content (AvgIpc) is 2.52. The maximum atomic E-state index is 10.6. The van der Waals surface area contributed by atoms with Crippen LogP contribution in [0.25, 0.3) is 0 Å². The molecule has 1 aromatic rings. The second kappa shape index (κ2) is 8.10. The number of nitro benzene ring substituents is 1. The molecule has 2 rings (SSSR count). The summed E-state index contributed by atoms with van der Waals surface area (Å²) in [5.41, 5.74) is 1.35. The normalized spacial score (nSPS) is 17.0. The lowest BCUT2D eigenvalue weighted by molar-refractivity contribution is -0.384. The van der Waals surface area contributed by atoms with Crippen molar-refractivity contribution in [2.45, 2.75) is 26.2 Å². The van der Waals surface area contributed by atoms with Crippen LogP contribution in [-0.2, 0) is 6.42 Å². The summed E-state index contributed by atoms with van der Waals surface area (Å²) in [6.07, 6.45) is 3.51. The van der Waals surface area contributed by atoms with E-state index >= 15 is 0 Å². The summed E-state index contributed by atoms with van der Waals surface area (Å²) < 4.78 is 0. The van der Waals surface area contributed by atoms with Gasteiger partial charge in [-0.15, -0.1) is 0 Å². The van der Waals surface area contributed by atoms with E-state index in [0.717, 1.165) is 32.0 Å². The Labute approximate surface area is 126 Å². The fraction of sp³-hybridized carbons (Fsp3) is 0.625. The Morgan fingerprint density at radius 1 is 1.29 bits per heavy atom. The van der Waals surface area contributed by atoms with Crippen molar-refractivity contribution in [1.82, 2.24) is 10.2 Å². The van der Waals surface area contributed by atoms with Crippen molar-refractivity contribution in [3.63, 3.8) is 0 Å². The van der Waals surface area contributed by atoms with Gasteiger partial charge in [0.2, 0.25) is 0 Å². The number of benzene rings is 1. The number of nitrogens with zero attached hydrogens (tertiary/aromatic N) is 2. The molecule has 0 aromatic heterocycles. The van der Waals surface area contributed by atoms with Gasteiger partial charge in [-0.1, -0.05) is 19.1 Å². The molecule has 0 atom stereocenters. The molecule has 1 N–H and O–H groups in total. The molecule has 1 aliphatic heterocycles. The van der Waals surface area contributed by atoms with Gasteiger partial charge in [-0.25, -0.2) is 0 Å². The molecule has 0 radical (unpaired) electrons. The SMILES string of the molecule is CCNCC1CCN(CCc2ccc([N+](=O)[O-])cc2)CC1.